The number of aliphatic hydroxyl groups excluding tert-OH is 1. The lowest BCUT2D eigenvalue weighted by Gasteiger charge is -2.29. The first-order valence-electron chi connectivity index (χ1n) is 15.8. The normalized spacial score (nSPS) is 17.2. The Morgan fingerprint density at radius 1 is 0.842 bits per heavy atom. The van der Waals surface area contributed by atoms with Crippen LogP contribution in [0.25, 0.3) is 0 Å². The van der Waals surface area contributed by atoms with Crippen LogP contribution in [0, 0.1) is 0 Å². The molecule has 1 amide bonds. The molecule has 1 aromatic carbocycles. The maximum Gasteiger partial charge on any atom is 0.220 e. The lowest BCUT2D eigenvalue weighted by molar-refractivity contribution is -0.123. The number of nitrogens with one attached hydrogen (secondary N) is 1. The highest BCUT2D eigenvalue weighted by Gasteiger charge is 2.27. The van der Waals surface area contributed by atoms with Gasteiger partial charge < -0.3 is 24.8 Å². The summed E-state index contributed by atoms with van der Waals surface area (Å²) in [5.74, 6) is 1.45. The second-order valence-corrected chi connectivity index (χ2v) is 11.4. The predicted molar refractivity (Wildman–Crippen MR) is 155 cm³/mol. The summed E-state index contributed by atoms with van der Waals surface area (Å²) in [5, 5.41) is 14.5. The van der Waals surface area contributed by atoms with Gasteiger partial charge in [-0.15, -0.1) is 0 Å². The van der Waals surface area contributed by atoms with Crippen molar-refractivity contribution in [3.05, 3.63) is 23.8 Å². The first-order chi connectivity index (χ1) is 18.7. The maximum atomic E-state index is 12.9. The molecule has 1 fully saturated rings. The molecule has 0 radical (unpaired) electrons. The van der Waals surface area contributed by atoms with Crippen LogP contribution in [0.2, 0.25) is 0 Å². The number of carbonyl (C=O) groups is 1. The van der Waals surface area contributed by atoms with Crippen LogP contribution in [-0.2, 0) is 4.79 Å². The van der Waals surface area contributed by atoms with Crippen LogP contribution in [-0.4, -0.2) is 54.8 Å². The second kappa shape index (κ2) is 18.5. The lowest BCUT2D eigenvalue weighted by Crippen LogP contribution is -2.46. The Morgan fingerprint density at radius 3 is 2.05 bits per heavy atom. The van der Waals surface area contributed by atoms with Crippen LogP contribution in [0.4, 0.5) is 0 Å². The number of fused-ring (bicyclic) bond motifs is 1. The van der Waals surface area contributed by atoms with E-state index in [9.17, 15) is 9.90 Å². The summed E-state index contributed by atoms with van der Waals surface area (Å²) < 4.78 is 11.6. The summed E-state index contributed by atoms with van der Waals surface area (Å²) in [7, 11) is 0. The minimum atomic E-state index is -0.789. The van der Waals surface area contributed by atoms with Crippen LogP contribution in [0.5, 0.6) is 11.5 Å². The van der Waals surface area contributed by atoms with Gasteiger partial charge in [-0.2, -0.15) is 0 Å². The molecule has 0 aliphatic carbocycles. The summed E-state index contributed by atoms with van der Waals surface area (Å²) in [4.78, 5) is 15.2. The van der Waals surface area contributed by atoms with Gasteiger partial charge in [-0.25, -0.2) is 0 Å². The third kappa shape index (κ3) is 11.5. The lowest BCUT2D eigenvalue weighted by atomic mass is 10.0. The number of ether oxygens (including phenoxy) is 2. The largest absolute Gasteiger partial charge is 0.490 e. The first-order valence-corrected chi connectivity index (χ1v) is 15.8. The van der Waals surface area contributed by atoms with Gasteiger partial charge in [0.25, 0.3) is 0 Å². The Balaban J connectivity index is 1.36. The highest BCUT2D eigenvalue weighted by molar-refractivity contribution is 5.76. The van der Waals surface area contributed by atoms with Crippen molar-refractivity contribution in [2.75, 3.05) is 32.8 Å². The highest BCUT2D eigenvalue weighted by Crippen LogP contribution is 2.33. The quantitative estimate of drug-likeness (QED) is 0.190. The van der Waals surface area contributed by atoms with E-state index < -0.39 is 6.10 Å². The van der Waals surface area contributed by atoms with Gasteiger partial charge in [0.05, 0.1) is 19.3 Å². The molecule has 1 saturated heterocycles. The minimum Gasteiger partial charge on any atom is -0.490 e. The second-order valence-electron chi connectivity index (χ2n) is 11.4. The molecular formula is C32H54N2O4. The van der Waals surface area contributed by atoms with Gasteiger partial charge in [0, 0.05) is 19.4 Å². The van der Waals surface area contributed by atoms with Crippen molar-refractivity contribution in [3.63, 3.8) is 0 Å². The molecule has 2 aliphatic heterocycles. The minimum absolute atomic E-state index is 0.0469. The number of hydrogen-bond acceptors (Lipinski definition) is 5. The molecule has 3 rings (SSSR count). The van der Waals surface area contributed by atoms with E-state index in [1.165, 1.54) is 83.5 Å². The van der Waals surface area contributed by atoms with E-state index in [2.05, 4.69) is 17.1 Å². The van der Waals surface area contributed by atoms with E-state index in [0.717, 1.165) is 43.7 Å². The molecule has 0 spiro atoms. The van der Waals surface area contributed by atoms with Crippen LogP contribution in [0.3, 0.4) is 0 Å². The van der Waals surface area contributed by atoms with Crippen molar-refractivity contribution in [3.8, 4) is 11.5 Å². The zero-order chi connectivity index (χ0) is 26.8. The summed E-state index contributed by atoms with van der Waals surface area (Å²) in [6.45, 7) is 6.24. The number of amides is 1. The number of nitrogens with zero attached hydrogens (tertiary/aromatic N) is 1. The van der Waals surface area contributed by atoms with Crippen LogP contribution >= 0.6 is 0 Å². The average molecular weight is 531 g/mol. The van der Waals surface area contributed by atoms with E-state index in [-0.39, 0.29) is 11.9 Å². The zero-order valence-corrected chi connectivity index (χ0v) is 24.1. The fourth-order valence-electron chi connectivity index (χ4n) is 5.65. The molecule has 0 aromatic heterocycles. The molecule has 216 valence electrons. The van der Waals surface area contributed by atoms with Crippen molar-refractivity contribution >= 4 is 5.91 Å². The number of rotatable bonds is 19. The Kier molecular flexibility index (Phi) is 15.0. The van der Waals surface area contributed by atoms with Crippen molar-refractivity contribution in [2.24, 2.45) is 0 Å². The fraction of sp³-hybridized carbons (Fsp3) is 0.781. The van der Waals surface area contributed by atoms with Crippen molar-refractivity contribution in [2.45, 2.75) is 128 Å². The number of hydrogen-bond donors (Lipinski definition) is 2. The standard InChI is InChI=1S/C32H54N2O4/c1-2-3-4-5-6-7-8-9-10-11-12-13-14-18-31(35)33-28(26-34-21-15-16-22-34)32(36)27-19-20-29-30(25-27)38-24-17-23-37-29/h19-20,25,28,32,36H,2-18,21-24,26H2,1H3,(H,33,35)/t28-,32-/m1/s1. The number of likely N-dealkylation sites (tertiary alicyclic amines) is 1. The molecule has 0 bridgehead atoms. The average Bonchev–Trinajstić information content (AvgIpc) is 3.32. The van der Waals surface area contributed by atoms with Crippen molar-refractivity contribution in [1.29, 1.82) is 0 Å². The number of unbranched alkanes of at least 4 members (excludes halogenated alkanes) is 12. The first kappa shape index (κ1) is 30.7. The number of carbonyl (C=O) groups excluding carboxylic acids is 1. The fourth-order valence-corrected chi connectivity index (χ4v) is 5.65. The third-order valence-electron chi connectivity index (χ3n) is 8.00. The van der Waals surface area contributed by atoms with Crippen LogP contribution in [0.15, 0.2) is 18.2 Å². The summed E-state index contributed by atoms with van der Waals surface area (Å²) in [6.07, 6.45) is 19.8. The van der Waals surface area contributed by atoms with E-state index in [0.29, 0.717) is 31.9 Å². The van der Waals surface area contributed by atoms with E-state index >= 15 is 0 Å². The van der Waals surface area contributed by atoms with Gasteiger partial charge in [0.15, 0.2) is 11.5 Å². The molecular weight excluding hydrogens is 476 g/mol. The van der Waals surface area contributed by atoms with Gasteiger partial charge in [-0.3, -0.25) is 4.79 Å². The monoisotopic (exact) mass is 530 g/mol. The Morgan fingerprint density at radius 2 is 1.42 bits per heavy atom. The third-order valence-corrected chi connectivity index (χ3v) is 8.00. The van der Waals surface area contributed by atoms with Gasteiger partial charge in [-0.05, 0) is 50.0 Å². The number of benzene rings is 1. The Hall–Kier alpha value is -1.79. The van der Waals surface area contributed by atoms with Gasteiger partial charge in [0.2, 0.25) is 5.91 Å². The molecule has 6 heteroatoms. The Bertz CT molecular complexity index is 781. The molecule has 38 heavy (non-hydrogen) atoms. The molecule has 2 N–H and O–H groups in total. The smallest absolute Gasteiger partial charge is 0.220 e. The van der Waals surface area contributed by atoms with E-state index in [1.807, 2.05) is 18.2 Å². The SMILES string of the molecule is CCCCCCCCCCCCCCCC(=O)N[C@H](CN1CCCC1)[C@H](O)c1ccc2c(c1)OCCCO2. The molecule has 0 saturated carbocycles. The van der Waals surface area contributed by atoms with E-state index in [4.69, 9.17) is 9.47 Å². The zero-order valence-electron chi connectivity index (χ0n) is 24.1. The van der Waals surface area contributed by atoms with Crippen LogP contribution < -0.4 is 14.8 Å². The summed E-state index contributed by atoms with van der Waals surface area (Å²) >= 11 is 0. The van der Waals surface area contributed by atoms with Crippen molar-refractivity contribution in [1.82, 2.24) is 10.2 Å². The van der Waals surface area contributed by atoms with Gasteiger partial charge in [0.1, 0.15) is 6.10 Å². The molecule has 1 aromatic rings. The summed E-state index contributed by atoms with van der Waals surface area (Å²) in [6, 6.07) is 5.31. The molecule has 2 atom stereocenters. The van der Waals surface area contributed by atoms with Gasteiger partial charge >= 0.3 is 0 Å². The van der Waals surface area contributed by atoms with Crippen molar-refractivity contribution < 1.29 is 19.4 Å². The summed E-state index contributed by atoms with van der Waals surface area (Å²) in [5.41, 5.74) is 0.764. The topological polar surface area (TPSA) is 71.0 Å². The highest BCUT2D eigenvalue weighted by atomic mass is 16.5. The molecule has 2 aliphatic rings. The van der Waals surface area contributed by atoms with Crippen LogP contribution in [0.1, 0.15) is 128 Å². The maximum absolute atomic E-state index is 12.9. The molecule has 2 heterocycles. The Labute approximate surface area is 231 Å². The molecule has 0 unspecified atom stereocenters. The van der Waals surface area contributed by atoms with Gasteiger partial charge in [-0.1, -0.05) is 90.0 Å². The van der Waals surface area contributed by atoms with E-state index in [1.54, 1.807) is 0 Å². The number of aliphatic hydroxyl groups is 1. The predicted octanol–water partition coefficient (Wildman–Crippen LogP) is 6.94. The molecule has 6 nitrogen and oxygen atoms in total.